The molecule has 1 fully saturated rings. The number of hydrogen-bond acceptors (Lipinski definition) is 3. The van der Waals surface area contributed by atoms with E-state index in [1.54, 1.807) is 31.4 Å². The van der Waals surface area contributed by atoms with Crippen LogP contribution in [-0.4, -0.2) is 21.6 Å². The smallest absolute Gasteiger partial charge is 0.240 e. The Morgan fingerprint density at radius 3 is 2.10 bits per heavy atom. The Labute approximate surface area is 121 Å². The molecule has 112 valence electrons. The second-order valence-corrected chi connectivity index (χ2v) is 7.05. The van der Waals surface area contributed by atoms with Crippen LogP contribution in [0.3, 0.4) is 0 Å². The molecule has 0 radical (unpaired) electrons. The summed E-state index contributed by atoms with van der Waals surface area (Å²) in [6.45, 7) is 0. The highest BCUT2D eigenvalue weighted by Gasteiger charge is 2.20. The highest BCUT2D eigenvalue weighted by molar-refractivity contribution is 7.89. The SMILES string of the molecule is COc1ccc(S(=O)(=O)NC2CCCCCCC2)cc1. The van der Waals surface area contributed by atoms with Crippen LogP contribution in [0.15, 0.2) is 29.2 Å². The largest absolute Gasteiger partial charge is 0.497 e. The quantitative estimate of drug-likeness (QED) is 0.929. The summed E-state index contributed by atoms with van der Waals surface area (Å²) in [5.41, 5.74) is 0. The van der Waals surface area contributed by atoms with Gasteiger partial charge in [0.2, 0.25) is 10.0 Å². The van der Waals surface area contributed by atoms with Crippen LogP contribution in [0.1, 0.15) is 44.9 Å². The van der Waals surface area contributed by atoms with Crippen LogP contribution in [-0.2, 0) is 10.0 Å². The third-order valence-corrected chi connectivity index (χ3v) is 5.33. The molecule has 0 aliphatic heterocycles. The molecule has 1 aliphatic carbocycles. The molecule has 0 atom stereocenters. The number of methoxy groups -OCH3 is 1. The van der Waals surface area contributed by atoms with Gasteiger partial charge in [-0.3, -0.25) is 0 Å². The minimum Gasteiger partial charge on any atom is -0.497 e. The molecule has 1 saturated carbocycles. The first-order chi connectivity index (χ1) is 9.62. The van der Waals surface area contributed by atoms with Gasteiger partial charge in [-0.2, -0.15) is 0 Å². The normalized spacial score (nSPS) is 18.2. The van der Waals surface area contributed by atoms with Crippen LogP contribution >= 0.6 is 0 Å². The zero-order chi connectivity index (χ0) is 14.4. The lowest BCUT2D eigenvalue weighted by atomic mass is 9.97. The van der Waals surface area contributed by atoms with Gasteiger partial charge in [-0.15, -0.1) is 0 Å². The van der Waals surface area contributed by atoms with Gasteiger partial charge in [0, 0.05) is 6.04 Å². The van der Waals surface area contributed by atoms with Crippen molar-refractivity contribution in [1.82, 2.24) is 4.72 Å². The highest BCUT2D eigenvalue weighted by atomic mass is 32.2. The van der Waals surface area contributed by atoms with Gasteiger partial charge in [-0.25, -0.2) is 13.1 Å². The molecule has 1 aliphatic rings. The van der Waals surface area contributed by atoms with Crippen molar-refractivity contribution in [2.24, 2.45) is 0 Å². The third kappa shape index (κ3) is 4.21. The van der Waals surface area contributed by atoms with Crippen LogP contribution in [0.4, 0.5) is 0 Å². The average Bonchev–Trinajstić information content (AvgIpc) is 2.42. The molecule has 1 aromatic carbocycles. The van der Waals surface area contributed by atoms with Gasteiger partial charge in [0.1, 0.15) is 5.75 Å². The van der Waals surface area contributed by atoms with Crippen molar-refractivity contribution in [3.05, 3.63) is 24.3 Å². The molecule has 20 heavy (non-hydrogen) atoms. The number of sulfonamides is 1. The molecule has 0 unspecified atom stereocenters. The van der Waals surface area contributed by atoms with Gasteiger partial charge >= 0.3 is 0 Å². The second-order valence-electron chi connectivity index (χ2n) is 5.34. The molecular weight excluding hydrogens is 274 g/mol. The topological polar surface area (TPSA) is 55.4 Å². The van der Waals surface area contributed by atoms with Crippen molar-refractivity contribution in [3.8, 4) is 5.75 Å². The summed E-state index contributed by atoms with van der Waals surface area (Å²) in [6, 6.07) is 6.59. The van der Waals surface area contributed by atoms with Gasteiger partial charge in [0.25, 0.3) is 0 Å². The molecule has 1 N–H and O–H groups in total. The number of hydrogen-bond donors (Lipinski definition) is 1. The first-order valence-electron chi connectivity index (χ1n) is 7.28. The maximum atomic E-state index is 12.3. The molecular formula is C15H23NO3S. The van der Waals surface area contributed by atoms with E-state index in [0.29, 0.717) is 10.6 Å². The predicted octanol–water partition coefficient (Wildman–Crippen LogP) is 3.09. The van der Waals surface area contributed by atoms with Crippen molar-refractivity contribution >= 4 is 10.0 Å². The fraction of sp³-hybridized carbons (Fsp3) is 0.600. The van der Waals surface area contributed by atoms with Gasteiger partial charge in [0.15, 0.2) is 0 Å². The molecule has 2 rings (SSSR count). The molecule has 1 aromatic rings. The minimum absolute atomic E-state index is 0.0717. The fourth-order valence-electron chi connectivity index (χ4n) is 2.62. The number of benzene rings is 1. The lowest BCUT2D eigenvalue weighted by Crippen LogP contribution is -2.35. The summed E-state index contributed by atoms with van der Waals surface area (Å²) < 4.78 is 32.6. The van der Waals surface area contributed by atoms with Gasteiger partial charge < -0.3 is 4.74 Å². The van der Waals surface area contributed by atoms with E-state index in [1.165, 1.54) is 19.3 Å². The van der Waals surface area contributed by atoms with Crippen molar-refractivity contribution in [2.45, 2.75) is 55.9 Å². The van der Waals surface area contributed by atoms with E-state index in [0.717, 1.165) is 25.7 Å². The van der Waals surface area contributed by atoms with E-state index < -0.39 is 10.0 Å². The summed E-state index contributed by atoms with van der Waals surface area (Å²) in [7, 11) is -1.85. The van der Waals surface area contributed by atoms with Crippen molar-refractivity contribution in [1.29, 1.82) is 0 Å². The van der Waals surface area contributed by atoms with E-state index in [4.69, 9.17) is 4.74 Å². The summed E-state index contributed by atoms with van der Waals surface area (Å²) >= 11 is 0. The number of rotatable bonds is 4. The Morgan fingerprint density at radius 1 is 1.00 bits per heavy atom. The molecule has 4 nitrogen and oxygen atoms in total. The van der Waals surface area contributed by atoms with E-state index in [2.05, 4.69) is 4.72 Å². The van der Waals surface area contributed by atoms with E-state index in [-0.39, 0.29) is 6.04 Å². The zero-order valence-corrected chi connectivity index (χ0v) is 12.8. The average molecular weight is 297 g/mol. The molecule has 0 saturated heterocycles. The van der Waals surface area contributed by atoms with Gasteiger partial charge in [-0.1, -0.05) is 32.1 Å². The van der Waals surface area contributed by atoms with Crippen LogP contribution in [0, 0.1) is 0 Å². The Kier molecular flexibility index (Phi) is 5.43. The van der Waals surface area contributed by atoms with E-state index >= 15 is 0 Å². The third-order valence-electron chi connectivity index (χ3n) is 3.80. The fourth-order valence-corrected chi connectivity index (χ4v) is 3.92. The Morgan fingerprint density at radius 2 is 1.55 bits per heavy atom. The maximum absolute atomic E-state index is 12.3. The Balaban J connectivity index is 2.04. The van der Waals surface area contributed by atoms with E-state index in [9.17, 15) is 8.42 Å². The van der Waals surface area contributed by atoms with Gasteiger partial charge in [0.05, 0.1) is 12.0 Å². The standard InChI is InChI=1S/C15H23NO3S/c1-19-14-9-11-15(12-10-14)20(17,18)16-13-7-5-3-2-4-6-8-13/h9-13,16H,2-8H2,1H3. The molecule has 0 heterocycles. The summed E-state index contributed by atoms with van der Waals surface area (Å²) in [4.78, 5) is 0.306. The first kappa shape index (κ1) is 15.3. The minimum atomic E-state index is -3.42. The molecule has 0 spiro atoms. The monoisotopic (exact) mass is 297 g/mol. The number of ether oxygens (including phenoxy) is 1. The van der Waals surface area contributed by atoms with Crippen molar-refractivity contribution in [2.75, 3.05) is 7.11 Å². The first-order valence-corrected chi connectivity index (χ1v) is 8.76. The van der Waals surface area contributed by atoms with Crippen LogP contribution in [0.25, 0.3) is 0 Å². The van der Waals surface area contributed by atoms with Gasteiger partial charge in [-0.05, 0) is 37.1 Å². The molecule has 5 heteroatoms. The number of nitrogens with one attached hydrogen (secondary N) is 1. The summed E-state index contributed by atoms with van der Waals surface area (Å²) in [6.07, 6.45) is 7.79. The van der Waals surface area contributed by atoms with E-state index in [1.807, 2.05) is 0 Å². The Bertz CT molecular complexity index is 502. The second kappa shape index (κ2) is 7.09. The van der Waals surface area contributed by atoms with Crippen LogP contribution < -0.4 is 9.46 Å². The Hall–Kier alpha value is -1.07. The highest BCUT2D eigenvalue weighted by Crippen LogP contribution is 2.20. The van der Waals surface area contributed by atoms with Crippen LogP contribution in [0.5, 0.6) is 5.75 Å². The summed E-state index contributed by atoms with van der Waals surface area (Å²) in [5.74, 6) is 0.662. The molecule has 0 amide bonds. The predicted molar refractivity (Wildman–Crippen MR) is 79.4 cm³/mol. The maximum Gasteiger partial charge on any atom is 0.240 e. The zero-order valence-electron chi connectivity index (χ0n) is 12.0. The molecule has 0 aromatic heterocycles. The van der Waals surface area contributed by atoms with Crippen molar-refractivity contribution < 1.29 is 13.2 Å². The lowest BCUT2D eigenvalue weighted by Gasteiger charge is -2.21. The van der Waals surface area contributed by atoms with Crippen LogP contribution in [0.2, 0.25) is 0 Å². The molecule has 0 bridgehead atoms. The summed E-state index contributed by atoms with van der Waals surface area (Å²) in [5, 5.41) is 0. The van der Waals surface area contributed by atoms with Crippen molar-refractivity contribution in [3.63, 3.8) is 0 Å². The lowest BCUT2D eigenvalue weighted by molar-refractivity contribution is 0.414.